The quantitative estimate of drug-likeness (QED) is 0.252. The lowest BCUT2D eigenvalue weighted by atomic mass is 10.1. The fraction of sp³-hybridized carbons (Fsp3) is 0.333. The van der Waals surface area contributed by atoms with Gasteiger partial charge in [0.1, 0.15) is 5.82 Å². The third-order valence-corrected chi connectivity index (χ3v) is 4.49. The summed E-state index contributed by atoms with van der Waals surface area (Å²) in [5.74, 6) is 0.501. The summed E-state index contributed by atoms with van der Waals surface area (Å²) in [6.07, 6.45) is 1.49. The molecular weight excluding hydrogens is 389 g/mol. The van der Waals surface area contributed by atoms with Crippen molar-refractivity contribution in [3.63, 3.8) is 0 Å². The first-order chi connectivity index (χ1) is 13.0. The average Bonchev–Trinajstić information content (AvgIpc) is 3.15. The molecule has 1 aliphatic heterocycles. The first-order valence-electron chi connectivity index (χ1n) is 8.35. The van der Waals surface area contributed by atoms with Crippen molar-refractivity contribution < 1.29 is 18.8 Å². The van der Waals surface area contributed by atoms with Gasteiger partial charge in [-0.3, -0.25) is 4.79 Å². The molecule has 146 valence electrons. The molecular formula is C18H22FN3O3S2. The smallest absolute Gasteiger partial charge is 0.279 e. The Morgan fingerprint density at radius 3 is 2.85 bits per heavy atom. The van der Waals surface area contributed by atoms with Crippen molar-refractivity contribution in [3.8, 4) is 0 Å². The maximum atomic E-state index is 12.7. The molecule has 0 spiro atoms. The molecule has 1 heterocycles. The van der Waals surface area contributed by atoms with Crippen LogP contribution in [0.1, 0.15) is 18.9 Å². The summed E-state index contributed by atoms with van der Waals surface area (Å²) in [6.45, 7) is 6.72. The van der Waals surface area contributed by atoms with E-state index in [1.165, 1.54) is 0 Å². The number of hydrogen-bond acceptors (Lipinski definition) is 7. The summed E-state index contributed by atoms with van der Waals surface area (Å²) in [5, 5.41) is 8.30. The van der Waals surface area contributed by atoms with Crippen LogP contribution in [0.2, 0.25) is 0 Å². The minimum absolute atomic E-state index is 0.0826. The molecule has 27 heavy (non-hydrogen) atoms. The zero-order valence-electron chi connectivity index (χ0n) is 14.9. The largest absolute Gasteiger partial charge is 0.389 e. The Kier molecular flexibility index (Phi) is 8.70. The van der Waals surface area contributed by atoms with E-state index in [1.807, 2.05) is 12.1 Å². The summed E-state index contributed by atoms with van der Waals surface area (Å²) in [7, 11) is 0. The predicted octanol–water partition coefficient (Wildman–Crippen LogP) is 3.18. The lowest BCUT2D eigenvalue weighted by Gasteiger charge is -2.12. The number of amides is 1. The molecule has 1 amide bonds. The maximum Gasteiger partial charge on any atom is 0.279 e. The van der Waals surface area contributed by atoms with Crippen LogP contribution in [0.5, 0.6) is 0 Å². The number of ether oxygens (including phenoxy) is 1. The number of carbonyl (C=O) groups is 1. The summed E-state index contributed by atoms with van der Waals surface area (Å²) >= 11 is 5.19. The van der Waals surface area contributed by atoms with Crippen molar-refractivity contribution in [3.05, 3.63) is 53.6 Å². The molecule has 0 saturated carbocycles. The molecule has 1 atom stereocenters. The Morgan fingerprint density at radius 2 is 2.26 bits per heavy atom. The molecule has 0 bridgehead atoms. The van der Waals surface area contributed by atoms with Gasteiger partial charge in [-0.15, -0.1) is 24.4 Å². The number of thioether (sulfide) groups is 1. The molecule has 2 N–H and O–H groups in total. The standard InChI is InChI=1S/C18H22FN3O3S2/c1-3-27-15-6-4-13(5-7-15)17(22-25-14-8-9-24-11-14)18(23)21-12(2)20-10-16(19)26/h4-7,10,14,20,26H,2-3,8-9,11H2,1H3,(H,21,23)/b16-10-,22-17+/t14-/m1/s1. The maximum absolute atomic E-state index is 12.7. The van der Waals surface area contributed by atoms with E-state index in [9.17, 15) is 9.18 Å². The highest BCUT2D eigenvalue weighted by Gasteiger charge is 2.20. The minimum Gasteiger partial charge on any atom is -0.389 e. The number of oxime groups is 1. The summed E-state index contributed by atoms with van der Waals surface area (Å²) < 4.78 is 17.9. The molecule has 1 saturated heterocycles. The van der Waals surface area contributed by atoms with Crippen LogP contribution in [0, 0.1) is 0 Å². The molecule has 9 heteroatoms. The molecule has 1 fully saturated rings. The van der Waals surface area contributed by atoms with Gasteiger partial charge in [-0.25, -0.2) is 0 Å². The molecule has 0 unspecified atom stereocenters. The van der Waals surface area contributed by atoms with Crippen LogP contribution in [-0.4, -0.2) is 36.7 Å². The van der Waals surface area contributed by atoms with Crippen LogP contribution < -0.4 is 10.6 Å². The van der Waals surface area contributed by atoms with Crippen LogP contribution in [0.4, 0.5) is 4.39 Å². The fourth-order valence-corrected chi connectivity index (χ4v) is 2.93. The second-order valence-electron chi connectivity index (χ2n) is 5.53. The Hall–Kier alpha value is -1.97. The van der Waals surface area contributed by atoms with E-state index in [0.717, 1.165) is 16.8 Å². The number of hydrogen-bond donors (Lipinski definition) is 3. The fourth-order valence-electron chi connectivity index (χ4n) is 2.20. The van der Waals surface area contributed by atoms with E-state index in [2.05, 4.69) is 41.9 Å². The molecule has 0 aliphatic carbocycles. The van der Waals surface area contributed by atoms with E-state index < -0.39 is 11.1 Å². The number of nitrogens with one attached hydrogen (secondary N) is 2. The van der Waals surface area contributed by atoms with Crippen LogP contribution in [0.25, 0.3) is 0 Å². The zero-order chi connectivity index (χ0) is 19.6. The first-order valence-corrected chi connectivity index (χ1v) is 9.79. The second-order valence-corrected chi connectivity index (χ2v) is 7.30. The van der Waals surface area contributed by atoms with Crippen molar-refractivity contribution in [2.75, 3.05) is 19.0 Å². The van der Waals surface area contributed by atoms with Gasteiger partial charge < -0.3 is 20.2 Å². The Labute approximate surface area is 167 Å². The van der Waals surface area contributed by atoms with Gasteiger partial charge in [0.05, 0.1) is 13.2 Å². The summed E-state index contributed by atoms with van der Waals surface area (Å²) in [4.78, 5) is 19.2. The van der Waals surface area contributed by atoms with Crippen LogP contribution >= 0.6 is 24.4 Å². The highest BCUT2D eigenvalue weighted by Crippen LogP contribution is 2.18. The van der Waals surface area contributed by atoms with E-state index in [4.69, 9.17) is 9.57 Å². The van der Waals surface area contributed by atoms with Gasteiger partial charge in [-0.05, 0) is 17.9 Å². The lowest BCUT2D eigenvalue weighted by molar-refractivity contribution is -0.114. The Morgan fingerprint density at radius 1 is 1.52 bits per heavy atom. The van der Waals surface area contributed by atoms with E-state index in [0.29, 0.717) is 25.2 Å². The van der Waals surface area contributed by atoms with Crippen molar-refractivity contribution in [2.24, 2.45) is 5.16 Å². The molecule has 1 aromatic rings. The second kappa shape index (κ2) is 11.0. The van der Waals surface area contributed by atoms with Gasteiger partial charge >= 0.3 is 0 Å². The average molecular weight is 412 g/mol. The molecule has 2 rings (SSSR count). The summed E-state index contributed by atoms with van der Waals surface area (Å²) in [5.41, 5.74) is 0.684. The number of benzene rings is 1. The molecule has 0 aromatic heterocycles. The number of rotatable bonds is 9. The number of halogens is 1. The van der Waals surface area contributed by atoms with Gasteiger partial charge in [0.25, 0.3) is 5.91 Å². The highest BCUT2D eigenvalue weighted by atomic mass is 32.2. The van der Waals surface area contributed by atoms with Crippen LogP contribution in [0.15, 0.2) is 58.1 Å². The molecule has 0 radical (unpaired) electrons. The Balaban J connectivity index is 2.15. The van der Waals surface area contributed by atoms with Gasteiger partial charge in [0.2, 0.25) is 0 Å². The predicted molar refractivity (Wildman–Crippen MR) is 108 cm³/mol. The zero-order valence-corrected chi connectivity index (χ0v) is 16.6. The highest BCUT2D eigenvalue weighted by molar-refractivity contribution is 7.99. The molecule has 1 aromatic carbocycles. The third-order valence-electron chi connectivity index (χ3n) is 3.46. The van der Waals surface area contributed by atoms with Gasteiger partial charge in [-0.1, -0.05) is 30.8 Å². The summed E-state index contributed by atoms with van der Waals surface area (Å²) in [6, 6.07) is 7.43. The van der Waals surface area contributed by atoms with Crippen molar-refractivity contribution in [2.45, 2.75) is 24.3 Å². The topological polar surface area (TPSA) is 72.0 Å². The molecule has 1 aliphatic rings. The van der Waals surface area contributed by atoms with E-state index in [1.54, 1.807) is 23.9 Å². The normalized spacial score (nSPS) is 17.5. The number of nitrogens with zero attached hydrogens (tertiary/aromatic N) is 1. The van der Waals surface area contributed by atoms with E-state index in [-0.39, 0.29) is 17.6 Å². The monoisotopic (exact) mass is 411 g/mol. The number of carbonyl (C=O) groups excluding carboxylic acids is 1. The van der Waals surface area contributed by atoms with Crippen molar-refractivity contribution in [1.29, 1.82) is 0 Å². The number of thiol groups is 1. The lowest BCUT2D eigenvalue weighted by Crippen LogP contribution is -2.35. The SMILES string of the molecule is C=C(N/C=C(/F)S)NC(=O)/C(=N/O[C@@H]1CCOC1)c1ccc(SCC)cc1. The molecule has 6 nitrogen and oxygen atoms in total. The van der Waals surface area contributed by atoms with Gasteiger partial charge in [-0.2, -0.15) is 4.39 Å². The van der Waals surface area contributed by atoms with E-state index >= 15 is 0 Å². The van der Waals surface area contributed by atoms with Gasteiger partial charge in [0, 0.05) is 23.1 Å². The third kappa shape index (κ3) is 7.28. The van der Waals surface area contributed by atoms with Crippen molar-refractivity contribution >= 4 is 36.0 Å². The van der Waals surface area contributed by atoms with Crippen molar-refractivity contribution in [1.82, 2.24) is 10.6 Å². The first kappa shape index (κ1) is 21.3. The minimum atomic E-state index is -0.743. The Bertz CT molecular complexity index is 713. The van der Waals surface area contributed by atoms with Crippen LogP contribution in [0.3, 0.4) is 0 Å². The van der Waals surface area contributed by atoms with Gasteiger partial charge in [0.15, 0.2) is 17.0 Å². The van der Waals surface area contributed by atoms with Crippen LogP contribution in [-0.2, 0) is 14.4 Å².